The average Bonchev–Trinajstić information content (AvgIpc) is 2.41. The van der Waals surface area contributed by atoms with Crippen molar-refractivity contribution in [2.24, 2.45) is 0 Å². The minimum Gasteiger partial charge on any atom is -0.370 e. The van der Waals surface area contributed by atoms with Gasteiger partial charge in [0, 0.05) is 44.5 Å². The normalized spacial score (nSPS) is 20.0. The molecule has 0 radical (unpaired) electrons. The van der Waals surface area contributed by atoms with Gasteiger partial charge in [-0.15, -0.1) is 0 Å². The van der Waals surface area contributed by atoms with Crippen LogP contribution in [0.15, 0.2) is 18.3 Å². The number of hydrogen-bond acceptors (Lipinski definition) is 4. The van der Waals surface area contributed by atoms with Crippen LogP contribution in [-0.2, 0) is 6.54 Å². The standard InChI is InChI=1S/C16H28N4/c1-5-7-17-15-11-14(6-8-18-15)12-20-10-9-19(4)16(2,3)13-20/h6,8,11H,5,7,9-10,12-13H2,1-4H3,(H,17,18). The average molecular weight is 276 g/mol. The zero-order valence-corrected chi connectivity index (χ0v) is 13.3. The summed E-state index contributed by atoms with van der Waals surface area (Å²) < 4.78 is 0. The van der Waals surface area contributed by atoms with E-state index in [9.17, 15) is 0 Å². The molecule has 1 aliphatic heterocycles. The van der Waals surface area contributed by atoms with Gasteiger partial charge < -0.3 is 5.32 Å². The lowest BCUT2D eigenvalue weighted by Crippen LogP contribution is -2.57. The predicted molar refractivity (Wildman–Crippen MR) is 85.0 cm³/mol. The molecule has 20 heavy (non-hydrogen) atoms. The van der Waals surface area contributed by atoms with E-state index >= 15 is 0 Å². The van der Waals surface area contributed by atoms with E-state index in [-0.39, 0.29) is 5.54 Å². The van der Waals surface area contributed by atoms with E-state index in [0.29, 0.717) is 0 Å². The van der Waals surface area contributed by atoms with Crippen molar-refractivity contribution in [1.29, 1.82) is 0 Å². The Morgan fingerprint density at radius 2 is 2.15 bits per heavy atom. The quantitative estimate of drug-likeness (QED) is 0.895. The molecule has 0 amide bonds. The lowest BCUT2D eigenvalue weighted by atomic mass is 9.99. The maximum absolute atomic E-state index is 4.37. The molecule has 0 bridgehead atoms. The van der Waals surface area contributed by atoms with Crippen molar-refractivity contribution in [3.63, 3.8) is 0 Å². The first kappa shape index (κ1) is 15.3. The highest BCUT2D eigenvalue weighted by Crippen LogP contribution is 2.20. The number of anilines is 1. The molecule has 112 valence electrons. The number of aromatic nitrogens is 1. The van der Waals surface area contributed by atoms with Gasteiger partial charge in [0.25, 0.3) is 0 Å². The number of piperazine rings is 1. The Morgan fingerprint density at radius 3 is 2.85 bits per heavy atom. The minimum absolute atomic E-state index is 0.259. The molecule has 1 saturated heterocycles. The number of hydrogen-bond donors (Lipinski definition) is 1. The van der Waals surface area contributed by atoms with Crippen LogP contribution in [0.3, 0.4) is 0 Å². The molecule has 1 aromatic rings. The van der Waals surface area contributed by atoms with Gasteiger partial charge in [0.2, 0.25) is 0 Å². The van der Waals surface area contributed by atoms with Gasteiger partial charge in [-0.05, 0) is 45.0 Å². The Balaban J connectivity index is 1.96. The zero-order valence-electron chi connectivity index (χ0n) is 13.3. The van der Waals surface area contributed by atoms with Crippen molar-refractivity contribution in [3.8, 4) is 0 Å². The van der Waals surface area contributed by atoms with Crippen LogP contribution < -0.4 is 5.32 Å². The van der Waals surface area contributed by atoms with Gasteiger partial charge in [-0.3, -0.25) is 9.80 Å². The lowest BCUT2D eigenvalue weighted by molar-refractivity contribution is 0.0360. The smallest absolute Gasteiger partial charge is 0.126 e. The number of likely N-dealkylation sites (N-methyl/N-ethyl adjacent to an activating group) is 1. The fourth-order valence-electron chi connectivity index (χ4n) is 2.66. The van der Waals surface area contributed by atoms with Crippen molar-refractivity contribution < 1.29 is 0 Å². The number of nitrogens with zero attached hydrogens (tertiary/aromatic N) is 3. The molecule has 1 aliphatic rings. The first-order valence-corrected chi connectivity index (χ1v) is 7.63. The van der Waals surface area contributed by atoms with Gasteiger partial charge in [0.1, 0.15) is 5.82 Å². The van der Waals surface area contributed by atoms with E-state index in [1.807, 2.05) is 6.20 Å². The van der Waals surface area contributed by atoms with Crippen molar-refractivity contribution in [3.05, 3.63) is 23.9 Å². The van der Waals surface area contributed by atoms with Crippen LogP contribution in [0, 0.1) is 0 Å². The van der Waals surface area contributed by atoms with Crippen LogP contribution in [0.25, 0.3) is 0 Å². The van der Waals surface area contributed by atoms with E-state index in [4.69, 9.17) is 0 Å². The highest BCUT2D eigenvalue weighted by molar-refractivity contribution is 5.37. The number of nitrogens with one attached hydrogen (secondary N) is 1. The zero-order chi connectivity index (χ0) is 14.6. The topological polar surface area (TPSA) is 31.4 Å². The second-order valence-corrected chi connectivity index (χ2v) is 6.42. The number of rotatable bonds is 5. The first-order valence-electron chi connectivity index (χ1n) is 7.63. The molecule has 2 rings (SSSR count). The molecule has 0 atom stereocenters. The molecular formula is C16H28N4. The van der Waals surface area contributed by atoms with E-state index in [1.54, 1.807) is 0 Å². The summed E-state index contributed by atoms with van der Waals surface area (Å²) in [5, 5.41) is 3.36. The number of pyridine rings is 1. The highest BCUT2D eigenvalue weighted by atomic mass is 15.3. The summed E-state index contributed by atoms with van der Waals surface area (Å²) in [5.74, 6) is 0.998. The molecule has 0 spiro atoms. The van der Waals surface area contributed by atoms with Gasteiger partial charge in [-0.1, -0.05) is 6.92 Å². The molecule has 0 saturated carbocycles. The van der Waals surface area contributed by atoms with Crippen molar-refractivity contribution in [1.82, 2.24) is 14.8 Å². The van der Waals surface area contributed by atoms with Crippen LogP contribution >= 0.6 is 0 Å². The molecule has 1 aromatic heterocycles. The highest BCUT2D eigenvalue weighted by Gasteiger charge is 2.30. The van der Waals surface area contributed by atoms with Crippen LogP contribution in [0.1, 0.15) is 32.8 Å². The third kappa shape index (κ3) is 3.93. The second kappa shape index (κ2) is 6.55. The fraction of sp³-hybridized carbons (Fsp3) is 0.688. The van der Waals surface area contributed by atoms with E-state index in [1.165, 1.54) is 5.56 Å². The first-order chi connectivity index (χ1) is 9.51. The lowest BCUT2D eigenvalue weighted by Gasteiger charge is -2.45. The van der Waals surface area contributed by atoms with Crippen molar-refractivity contribution in [2.75, 3.05) is 38.5 Å². The van der Waals surface area contributed by atoms with E-state index in [0.717, 1.165) is 45.0 Å². The summed E-state index contributed by atoms with van der Waals surface area (Å²) in [6.07, 6.45) is 3.03. The molecule has 0 aliphatic carbocycles. The maximum Gasteiger partial charge on any atom is 0.126 e. The van der Waals surface area contributed by atoms with Crippen molar-refractivity contribution >= 4 is 5.82 Å². The Morgan fingerprint density at radius 1 is 1.35 bits per heavy atom. The van der Waals surface area contributed by atoms with E-state index < -0.39 is 0 Å². The monoisotopic (exact) mass is 276 g/mol. The SMILES string of the molecule is CCCNc1cc(CN2CCN(C)C(C)(C)C2)ccn1. The molecule has 0 aromatic carbocycles. The van der Waals surface area contributed by atoms with Gasteiger partial charge in [0.15, 0.2) is 0 Å². The summed E-state index contributed by atoms with van der Waals surface area (Å²) in [6, 6.07) is 4.31. The van der Waals surface area contributed by atoms with Gasteiger partial charge in [-0.25, -0.2) is 4.98 Å². The molecule has 4 nitrogen and oxygen atoms in total. The van der Waals surface area contributed by atoms with Gasteiger partial charge in [-0.2, -0.15) is 0 Å². The Hall–Kier alpha value is -1.13. The summed E-state index contributed by atoms with van der Waals surface area (Å²) in [6.45, 7) is 12.2. The summed E-state index contributed by atoms with van der Waals surface area (Å²) in [7, 11) is 2.22. The van der Waals surface area contributed by atoms with Gasteiger partial charge in [0.05, 0.1) is 0 Å². The summed E-state index contributed by atoms with van der Waals surface area (Å²) in [4.78, 5) is 9.36. The second-order valence-electron chi connectivity index (χ2n) is 6.42. The molecular weight excluding hydrogens is 248 g/mol. The maximum atomic E-state index is 4.37. The summed E-state index contributed by atoms with van der Waals surface area (Å²) in [5.41, 5.74) is 1.60. The largest absolute Gasteiger partial charge is 0.370 e. The molecule has 4 heteroatoms. The van der Waals surface area contributed by atoms with Crippen molar-refractivity contribution in [2.45, 2.75) is 39.3 Å². The third-order valence-electron chi connectivity index (χ3n) is 4.18. The van der Waals surface area contributed by atoms with E-state index in [2.05, 4.69) is 60.1 Å². The molecule has 2 heterocycles. The fourth-order valence-corrected chi connectivity index (χ4v) is 2.66. The van der Waals surface area contributed by atoms with Crippen LogP contribution in [0.2, 0.25) is 0 Å². The van der Waals surface area contributed by atoms with Crippen LogP contribution in [0.4, 0.5) is 5.82 Å². The minimum atomic E-state index is 0.259. The van der Waals surface area contributed by atoms with Crippen LogP contribution in [0.5, 0.6) is 0 Å². The summed E-state index contributed by atoms with van der Waals surface area (Å²) >= 11 is 0. The van der Waals surface area contributed by atoms with Gasteiger partial charge >= 0.3 is 0 Å². The Kier molecular flexibility index (Phi) is 5.00. The Bertz CT molecular complexity index is 430. The molecule has 0 unspecified atom stereocenters. The third-order valence-corrected chi connectivity index (χ3v) is 4.18. The molecule has 1 N–H and O–H groups in total. The van der Waals surface area contributed by atoms with Crippen LogP contribution in [-0.4, -0.2) is 53.5 Å². The predicted octanol–water partition coefficient (Wildman–Crippen LogP) is 2.43. The Labute approximate surface area is 123 Å². The molecule has 1 fully saturated rings.